The van der Waals surface area contributed by atoms with Crippen molar-refractivity contribution in [2.75, 3.05) is 19.6 Å². The molecule has 1 N–H and O–H groups in total. The summed E-state index contributed by atoms with van der Waals surface area (Å²) in [5.41, 5.74) is -12.4. The molecule has 6 nitrogen and oxygen atoms in total. The molecule has 0 bridgehead atoms. The van der Waals surface area contributed by atoms with Crippen LogP contribution < -0.4 is 4.90 Å². The zero-order valence-corrected chi connectivity index (χ0v) is 17.7. The van der Waals surface area contributed by atoms with Gasteiger partial charge in [0.05, 0.1) is 19.6 Å². The number of hydrogen-bond acceptors (Lipinski definition) is 4. The second-order valence-electron chi connectivity index (χ2n) is 5.98. The first-order chi connectivity index (χ1) is 12.6. The third-order valence-electron chi connectivity index (χ3n) is 3.43. The van der Waals surface area contributed by atoms with E-state index in [1.165, 1.54) is 58.2 Å². The predicted molar refractivity (Wildman–Crippen MR) is 93.6 cm³/mol. The molecular weight excluding hydrogens is 438 g/mol. The number of unbranched alkanes of at least 4 members (excludes halogenated alkanes) is 3. The van der Waals surface area contributed by atoms with Crippen LogP contribution in [0.15, 0.2) is 0 Å². The number of nitrogens with one attached hydrogen (secondary N) is 1. The highest BCUT2D eigenvalue weighted by molar-refractivity contribution is 8.13. The third-order valence-corrected chi connectivity index (χ3v) is 6.17. The number of hydrogen-bond donors (Lipinski definition) is 1. The maximum Gasteiger partial charge on any atom is 0.480 e. The fourth-order valence-electron chi connectivity index (χ4n) is 1.87. The van der Waals surface area contributed by atoms with Gasteiger partial charge in [-0.2, -0.15) is 26.3 Å². The van der Waals surface area contributed by atoms with Crippen molar-refractivity contribution in [2.24, 2.45) is 0 Å². The molecule has 0 aromatic carbocycles. The largest absolute Gasteiger partial charge is 0.480 e. The summed E-state index contributed by atoms with van der Waals surface area (Å²) in [7, 11) is -13.4. The van der Waals surface area contributed by atoms with E-state index in [0.29, 0.717) is 0 Å². The van der Waals surface area contributed by atoms with Crippen LogP contribution in [0.25, 0.3) is 4.13 Å². The minimum atomic E-state index is -6.72. The Labute approximate surface area is 162 Å². The molecule has 0 atom stereocenters. The SMILES string of the molecule is CCCC[NH+](CCCC)CCCC.O=S(=O)([N-]S(=O)(=O)C(F)(F)F)C(F)(F)F. The summed E-state index contributed by atoms with van der Waals surface area (Å²) in [6.07, 6.45) is 8.26. The lowest BCUT2D eigenvalue weighted by molar-refractivity contribution is -0.900. The van der Waals surface area contributed by atoms with Crippen LogP contribution in [0.2, 0.25) is 0 Å². The van der Waals surface area contributed by atoms with E-state index in [9.17, 15) is 43.2 Å². The van der Waals surface area contributed by atoms with Gasteiger partial charge < -0.3 is 9.03 Å². The molecule has 0 aromatic heterocycles. The van der Waals surface area contributed by atoms with Crippen molar-refractivity contribution >= 4 is 20.0 Å². The zero-order chi connectivity index (χ0) is 22.6. The molecule has 0 saturated carbocycles. The van der Waals surface area contributed by atoms with Gasteiger partial charge in [-0.3, -0.25) is 0 Å². The molecule has 0 fully saturated rings. The average Bonchev–Trinajstić information content (AvgIpc) is 2.51. The molecular formula is C14H28F6N2O4S2. The van der Waals surface area contributed by atoms with Gasteiger partial charge in [0.15, 0.2) is 20.0 Å². The highest BCUT2D eigenvalue weighted by atomic mass is 32.3. The highest BCUT2D eigenvalue weighted by Gasteiger charge is 2.46. The molecule has 0 aliphatic heterocycles. The van der Waals surface area contributed by atoms with Crippen molar-refractivity contribution in [3.63, 3.8) is 0 Å². The smallest absolute Gasteiger partial charge is 0.421 e. The summed E-state index contributed by atoms with van der Waals surface area (Å²) in [6.45, 7) is 11.1. The van der Waals surface area contributed by atoms with E-state index in [4.69, 9.17) is 0 Å². The van der Waals surface area contributed by atoms with Crippen molar-refractivity contribution in [3.05, 3.63) is 4.13 Å². The molecule has 172 valence electrons. The lowest BCUT2D eigenvalue weighted by Crippen LogP contribution is -3.12. The van der Waals surface area contributed by atoms with Gasteiger partial charge in [-0.05, 0) is 19.3 Å². The Kier molecular flexibility index (Phi) is 13.6. The molecule has 28 heavy (non-hydrogen) atoms. The van der Waals surface area contributed by atoms with E-state index in [1.54, 1.807) is 0 Å². The zero-order valence-electron chi connectivity index (χ0n) is 16.0. The number of nitrogens with zero attached hydrogens (tertiary/aromatic N) is 1. The van der Waals surface area contributed by atoms with Crippen molar-refractivity contribution in [1.29, 1.82) is 0 Å². The van der Waals surface area contributed by atoms with Gasteiger partial charge in [0.25, 0.3) is 0 Å². The van der Waals surface area contributed by atoms with Gasteiger partial charge in [0.1, 0.15) is 0 Å². The minimum absolute atomic E-state index is 0.778. The second kappa shape index (κ2) is 12.9. The standard InChI is InChI=1S/C12H27N.C2F6NO4S2/c1-4-7-10-13(11-8-5-2)12-9-6-3;3-1(4,5)14(10,11)9-15(12,13)2(6,7)8/h4-12H2,1-3H3;/q;-1/p+1. The van der Waals surface area contributed by atoms with Crippen LogP contribution >= 0.6 is 0 Å². The first-order valence-electron chi connectivity index (χ1n) is 8.76. The minimum Gasteiger partial charge on any atom is -0.421 e. The Morgan fingerprint density at radius 1 is 0.643 bits per heavy atom. The monoisotopic (exact) mass is 466 g/mol. The van der Waals surface area contributed by atoms with Crippen LogP contribution in [0.1, 0.15) is 59.3 Å². The van der Waals surface area contributed by atoms with E-state index in [0.717, 1.165) is 4.13 Å². The normalized spacial score (nSPS) is 13.4. The molecule has 0 aliphatic rings. The molecule has 0 heterocycles. The lowest BCUT2D eigenvalue weighted by Gasteiger charge is -2.22. The molecule has 0 unspecified atom stereocenters. The Morgan fingerprint density at radius 3 is 1.07 bits per heavy atom. The van der Waals surface area contributed by atoms with E-state index >= 15 is 0 Å². The van der Waals surface area contributed by atoms with Crippen LogP contribution in [0.4, 0.5) is 26.3 Å². The summed E-state index contributed by atoms with van der Waals surface area (Å²) < 4.78 is 109. The number of halogens is 6. The predicted octanol–water partition coefficient (Wildman–Crippen LogP) is 3.33. The van der Waals surface area contributed by atoms with Crippen LogP contribution in [0.3, 0.4) is 0 Å². The Morgan fingerprint density at radius 2 is 0.893 bits per heavy atom. The van der Waals surface area contributed by atoms with Crippen LogP contribution in [-0.2, 0) is 20.0 Å². The van der Waals surface area contributed by atoms with Gasteiger partial charge in [0, 0.05) is 0 Å². The molecule has 0 rings (SSSR count). The Balaban J connectivity index is 0. The number of alkyl halides is 6. The van der Waals surface area contributed by atoms with Crippen LogP contribution in [-0.4, -0.2) is 47.5 Å². The number of sulfonamides is 2. The summed E-state index contributed by atoms with van der Waals surface area (Å²) >= 11 is 0. The topological polar surface area (TPSA) is 86.8 Å². The quantitative estimate of drug-likeness (QED) is 0.473. The Bertz CT molecular complexity index is 558. The van der Waals surface area contributed by atoms with E-state index < -0.39 is 31.1 Å². The van der Waals surface area contributed by atoms with Crippen molar-refractivity contribution in [1.82, 2.24) is 0 Å². The molecule has 0 amide bonds. The summed E-state index contributed by atoms with van der Waals surface area (Å²) in [6, 6.07) is 0. The maximum absolute atomic E-state index is 11.4. The van der Waals surface area contributed by atoms with E-state index in [-0.39, 0.29) is 0 Å². The van der Waals surface area contributed by atoms with Gasteiger partial charge in [0.2, 0.25) is 0 Å². The van der Waals surface area contributed by atoms with Crippen LogP contribution in [0, 0.1) is 0 Å². The Hall–Kier alpha value is -0.600. The van der Waals surface area contributed by atoms with Gasteiger partial charge in [-0.1, -0.05) is 40.0 Å². The molecule has 0 aromatic rings. The first kappa shape index (κ1) is 29.6. The fourth-order valence-corrected chi connectivity index (χ4v) is 3.58. The average molecular weight is 467 g/mol. The number of rotatable bonds is 11. The molecule has 0 spiro atoms. The fraction of sp³-hybridized carbons (Fsp3) is 1.00. The molecule has 14 heteroatoms. The van der Waals surface area contributed by atoms with Crippen molar-refractivity contribution in [3.8, 4) is 0 Å². The lowest BCUT2D eigenvalue weighted by atomic mass is 10.2. The first-order valence-corrected chi connectivity index (χ1v) is 11.6. The summed E-state index contributed by atoms with van der Waals surface area (Å²) in [5, 5.41) is 0. The second-order valence-corrected chi connectivity index (χ2v) is 9.40. The molecule has 0 saturated heterocycles. The van der Waals surface area contributed by atoms with Gasteiger partial charge in [-0.15, -0.1) is 0 Å². The van der Waals surface area contributed by atoms with Crippen molar-refractivity contribution in [2.45, 2.75) is 70.3 Å². The highest BCUT2D eigenvalue weighted by Crippen LogP contribution is 2.36. The third kappa shape index (κ3) is 12.1. The molecule has 0 radical (unpaired) electrons. The van der Waals surface area contributed by atoms with E-state index in [1.807, 2.05) is 4.90 Å². The maximum atomic E-state index is 11.4. The van der Waals surface area contributed by atoms with Gasteiger partial charge >= 0.3 is 11.0 Å². The van der Waals surface area contributed by atoms with Crippen molar-refractivity contribution < 1.29 is 48.1 Å². The molecule has 0 aliphatic carbocycles. The van der Waals surface area contributed by atoms with Crippen LogP contribution in [0.5, 0.6) is 0 Å². The van der Waals surface area contributed by atoms with E-state index in [2.05, 4.69) is 20.8 Å². The summed E-state index contributed by atoms with van der Waals surface area (Å²) in [5.74, 6) is 0. The summed E-state index contributed by atoms with van der Waals surface area (Å²) in [4.78, 5) is 1.84. The number of quaternary nitrogens is 1. The van der Waals surface area contributed by atoms with Gasteiger partial charge in [-0.25, -0.2) is 16.8 Å².